The van der Waals surface area contributed by atoms with Crippen LogP contribution < -0.4 is 4.74 Å². The van der Waals surface area contributed by atoms with Gasteiger partial charge >= 0.3 is 6.01 Å². The van der Waals surface area contributed by atoms with Crippen molar-refractivity contribution in [3.05, 3.63) is 84.8 Å². The van der Waals surface area contributed by atoms with E-state index in [1.165, 1.54) is 5.56 Å². The highest BCUT2D eigenvalue weighted by Crippen LogP contribution is 2.28. The Morgan fingerprint density at radius 3 is 2.75 bits per heavy atom. The van der Waals surface area contributed by atoms with Crippen LogP contribution >= 0.6 is 0 Å². The summed E-state index contributed by atoms with van der Waals surface area (Å²) in [6.45, 7) is 0.805. The molecule has 6 nitrogen and oxygen atoms in total. The number of nitrogens with zero attached hydrogens (tertiary/aromatic N) is 4. The molecule has 1 N–H and O–H groups in total. The number of hydrogen-bond acceptors (Lipinski definition) is 5. The zero-order valence-electron chi connectivity index (χ0n) is 14.9. The molecule has 0 bridgehead atoms. The molecule has 0 atom stereocenters. The molecule has 0 saturated carbocycles. The molecule has 136 valence electrons. The largest absolute Gasteiger partial charge is 0.493 e. The third-order valence-electron chi connectivity index (χ3n) is 4.61. The van der Waals surface area contributed by atoms with Crippen LogP contribution in [0.25, 0.3) is 21.8 Å². The molecule has 28 heavy (non-hydrogen) atoms. The van der Waals surface area contributed by atoms with Crippen molar-refractivity contribution in [2.24, 2.45) is 0 Å². The van der Waals surface area contributed by atoms with Gasteiger partial charge in [-0.15, -0.1) is 0 Å². The first-order valence-electron chi connectivity index (χ1n) is 8.88. The van der Waals surface area contributed by atoms with E-state index in [0.29, 0.717) is 16.7 Å². The van der Waals surface area contributed by atoms with Gasteiger partial charge < -0.3 is 14.4 Å². The summed E-state index contributed by atoms with van der Waals surface area (Å²) in [4.78, 5) is 12.4. The fourth-order valence-corrected chi connectivity index (χ4v) is 3.25. The summed E-state index contributed by atoms with van der Waals surface area (Å²) < 4.78 is 7.98. The minimum absolute atomic E-state index is 0.0843. The summed E-state index contributed by atoms with van der Waals surface area (Å²) in [6, 6.07) is 19.9. The highest BCUT2D eigenvalue weighted by molar-refractivity contribution is 5.83. The van der Waals surface area contributed by atoms with Gasteiger partial charge in [0.05, 0.1) is 17.1 Å². The second-order valence-corrected chi connectivity index (χ2v) is 6.47. The van der Waals surface area contributed by atoms with Crippen LogP contribution in [-0.2, 0) is 6.54 Å². The average molecular weight is 368 g/mol. The molecule has 5 aromatic rings. The van der Waals surface area contributed by atoms with Gasteiger partial charge in [-0.05, 0) is 35.9 Å². The van der Waals surface area contributed by atoms with Crippen molar-refractivity contribution in [2.75, 3.05) is 0 Å². The molecule has 0 spiro atoms. The van der Waals surface area contributed by atoms with Crippen molar-refractivity contribution in [3.8, 4) is 17.6 Å². The van der Waals surface area contributed by atoms with Crippen LogP contribution in [0.5, 0.6) is 17.6 Å². The lowest BCUT2D eigenvalue weighted by molar-refractivity contribution is 0.412. The Bertz CT molecular complexity index is 1280. The monoisotopic (exact) mass is 368 g/mol. The third-order valence-corrected chi connectivity index (χ3v) is 4.61. The van der Waals surface area contributed by atoms with Crippen molar-refractivity contribution in [1.82, 2.24) is 19.5 Å². The minimum Gasteiger partial charge on any atom is -0.493 e. The van der Waals surface area contributed by atoms with Gasteiger partial charge in [0.25, 0.3) is 0 Å². The first-order valence-corrected chi connectivity index (χ1v) is 8.88. The van der Waals surface area contributed by atoms with E-state index in [1.54, 1.807) is 18.5 Å². The Balaban J connectivity index is 1.44. The number of ether oxygens (including phenoxy) is 1. The Hall–Kier alpha value is -3.93. The summed E-state index contributed by atoms with van der Waals surface area (Å²) in [6.07, 6.45) is 5.21. The predicted molar refractivity (Wildman–Crippen MR) is 107 cm³/mol. The van der Waals surface area contributed by atoms with E-state index in [1.807, 2.05) is 42.5 Å². The Labute approximate surface area is 160 Å². The van der Waals surface area contributed by atoms with Gasteiger partial charge in [-0.1, -0.05) is 30.3 Å². The van der Waals surface area contributed by atoms with Gasteiger partial charge in [0.2, 0.25) is 5.88 Å². The lowest BCUT2D eigenvalue weighted by Gasteiger charge is -2.08. The molecule has 0 amide bonds. The van der Waals surface area contributed by atoms with Crippen molar-refractivity contribution < 1.29 is 9.84 Å². The maximum atomic E-state index is 10.1. The van der Waals surface area contributed by atoms with Crippen LogP contribution in [0, 0.1) is 0 Å². The van der Waals surface area contributed by atoms with Crippen LogP contribution in [-0.4, -0.2) is 24.6 Å². The number of hydrogen-bond donors (Lipinski definition) is 1. The molecule has 3 heterocycles. The Morgan fingerprint density at radius 2 is 1.86 bits per heavy atom. The van der Waals surface area contributed by atoms with Gasteiger partial charge in [0, 0.05) is 29.8 Å². The molecule has 0 fully saturated rings. The van der Waals surface area contributed by atoms with E-state index < -0.39 is 0 Å². The third kappa shape index (κ3) is 3.01. The standard InChI is InChI=1S/C22H16N4O2/c27-21-18-8-10-23-13-19(18)24-22(25-21)28-17-6-7-20-16(12-17)9-11-26(20)14-15-4-2-1-3-5-15/h1-13H,14H2,(H,24,25,27). The molecule has 5 rings (SSSR count). The van der Waals surface area contributed by atoms with Gasteiger partial charge in [0.1, 0.15) is 5.75 Å². The highest BCUT2D eigenvalue weighted by atomic mass is 16.5. The molecule has 6 heteroatoms. The number of aromatic nitrogens is 4. The van der Waals surface area contributed by atoms with Crippen LogP contribution in [0.1, 0.15) is 5.56 Å². The molecule has 0 aliphatic carbocycles. The topological polar surface area (TPSA) is 73.1 Å². The van der Waals surface area contributed by atoms with Gasteiger partial charge in [-0.25, -0.2) is 0 Å². The molecular weight excluding hydrogens is 352 g/mol. The van der Waals surface area contributed by atoms with Crippen molar-refractivity contribution in [2.45, 2.75) is 6.54 Å². The molecule has 0 saturated heterocycles. The first kappa shape index (κ1) is 16.3. The van der Waals surface area contributed by atoms with E-state index in [9.17, 15) is 5.11 Å². The predicted octanol–water partition coefficient (Wildman–Crippen LogP) is 4.53. The van der Waals surface area contributed by atoms with E-state index >= 15 is 0 Å². The zero-order valence-corrected chi connectivity index (χ0v) is 14.9. The summed E-state index contributed by atoms with van der Waals surface area (Å²) in [7, 11) is 0. The average Bonchev–Trinajstić information content (AvgIpc) is 3.11. The summed E-state index contributed by atoms with van der Waals surface area (Å²) in [5.41, 5.74) is 2.89. The van der Waals surface area contributed by atoms with Crippen LogP contribution in [0.15, 0.2) is 79.3 Å². The molecule has 0 unspecified atom stereocenters. The van der Waals surface area contributed by atoms with Crippen molar-refractivity contribution in [3.63, 3.8) is 0 Å². The van der Waals surface area contributed by atoms with Gasteiger partial charge in [-0.3, -0.25) is 4.98 Å². The number of benzene rings is 2. The molecule has 0 radical (unpaired) electrons. The van der Waals surface area contributed by atoms with Crippen LogP contribution in [0.4, 0.5) is 0 Å². The van der Waals surface area contributed by atoms with E-state index in [4.69, 9.17) is 4.74 Å². The fraction of sp³-hybridized carbons (Fsp3) is 0.0455. The fourth-order valence-electron chi connectivity index (χ4n) is 3.25. The molecule has 2 aromatic carbocycles. The van der Waals surface area contributed by atoms with Gasteiger partial charge in [-0.2, -0.15) is 9.97 Å². The molecule has 3 aromatic heterocycles. The maximum Gasteiger partial charge on any atom is 0.325 e. The van der Waals surface area contributed by atoms with E-state index in [-0.39, 0.29) is 11.9 Å². The summed E-state index contributed by atoms with van der Waals surface area (Å²) in [5.74, 6) is 0.477. The number of aromatic hydroxyl groups is 1. The van der Waals surface area contributed by atoms with Crippen LogP contribution in [0.3, 0.4) is 0 Å². The summed E-state index contributed by atoms with van der Waals surface area (Å²) >= 11 is 0. The van der Waals surface area contributed by atoms with Crippen molar-refractivity contribution in [1.29, 1.82) is 0 Å². The zero-order chi connectivity index (χ0) is 18.9. The lowest BCUT2D eigenvalue weighted by Crippen LogP contribution is -1.97. The smallest absolute Gasteiger partial charge is 0.325 e. The van der Waals surface area contributed by atoms with E-state index in [2.05, 4.69) is 37.8 Å². The van der Waals surface area contributed by atoms with Gasteiger partial charge in [0.15, 0.2) is 0 Å². The normalized spacial score (nSPS) is 11.1. The van der Waals surface area contributed by atoms with Crippen molar-refractivity contribution >= 4 is 21.8 Å². The quantitative estimate of drug-likeness (QED) is 0.505. The number of fused-ring (bicyclic) bond motifs is 2. The molecule has 0 aliphatic heterocycles. The minimum atomic E-state index is -0.127. The first-order chi connectivity index (χ1) is 13.8. The maximum absolute atomic E-state index is 10.1. The second-order valence-electron chi connectivity index (χ2n) is 6.47. The summed E-state index contributed by atoms with van der Waals surface area (Å²) in [5, 5.41) is 11.7. The lowest BCUT2D eigenvalue weighted by atomic mass is 10.2. The number of rotatable bonds is 4. The Kier molecular flexibility index (Phi) is 3.87. The Morgan fingerprint density at radius 1 is 0.964 bits per heavy atom. The molecule has 0 aliphatic rings. The second kappa shape index (κ2) is 6.66. The number of pyridine rings is 1. The SMILES string of the molecule is Oc1nc(Oc2ccc3c(ccn3Cc3ccccc3)c2)nc2cnccc12. The molecular formula is C22H16N4O2. The van der Waals surface area contributed by atoms with Crippen LogP contribution in [0.2, 0.25) is 0 Å². The van der Waals surface area contributed by atoms with E-state index in [0.717, 1.165) is 17.4 Å². The highest BCUT2D eigenvalue weighted by Gasteiger charge is 2.10.